The largest absolute Gasteiger partial charge is 0.399 e. The smallest absolute Gasteiger partial charge is 0.240 e. The molecule has 92 valence electrons. The van der Waals surface area contributed by atoms with Crippen LogP contribution in [-0.2, 0) is 4.79 Å². The maximum absolute atomic E-state index is 12.2. The average Bonchev–Trinajstić information content (AvgIpc) is 2.72. The third-order valence-electron chi connectivity index (χ3n) is 2.94. The van der Waals surface area contributed by atoms with Crippen LogP contribution >= 0.6 is 23.4 Å². The van der Waals surface area contributed by atoms with Gasteiger partial charge in [-0.05, 0) is 43.7 Å². The van der Waals surface area contributed by atoms with Crippen LogP contribution in [0.25, 0.3) is 0 Å². The predicted octanol–water partition coefficient (Wildman–Crippen LogP) is 3.15. The molecule has 0 saturated carbocycles. The van der Waals surface area contributed by atoms with E-state index in [-0.39, 0.29) is 10.7 Å². The lowest BCUT2D eigenvalue weighted by atomic mass is 10.0. The highest BCUT2D eigenvalue weighted by Gasteiger charge is 2.37. The summed E-state index contributed by atoms with van der Waals surface area (Å²) in [5.41, 5.74) is 6.85. The van der Waals surface area contributed by atoms with Crippen molar-refractivity contribution in [1.29, 1.82) is 0 Å². The van der Waals surface area contributed by atoms with E-state index in [0.29, 0.717) is 16.4 Å². The van der Waals surface area contributed by atoms with Crippen LogP contribution in [0, 0.1) is 0 Å². The van der Waals surface area contributed by atoms with Crippen molar-refractivity contribution in [3.63, 3.8) is 0 Å². The van der Waals surface area contributed by atoms with Crippen molar-refractivity contribution in [3.05, 3.63) is 23.2 Å². The minimum absolute atomic E-state index is 0.00694. The highest BCUT2D eigenvalue weighted by Crippen LogP contribution is 2.39. The summed E-state index contributed by atoms with van der Waals surface area (Å²) in [5.74, 6) is 1.04. The van der Waals surface area contributed by atoms with Gasteiger partial charge in [-0.2, -0.15) is 0 Å². The third-order valence-corrected chi connectivity index (χ3v) is 4.79. The van der Waals surface area contributed by atoms with Gasteiger partial charge in [-0.15, -0.1) is 11.8 Å². The molecule has 3 N–H and O–H groups in total. The Morgan fingerprint density at radius 1 is 1.59 bits per heavy atom. The number of benzene rings is 1. The van der Waals surface area contributed by atoms with E-state index in [9.17, 15) is 4.79 Å². The van der Waals surface area contributed by atoms with Gasteiger partial charge < -0.3 is 11.1 Å². The van der Waals surface area contributed by atoms with Crippen molar-refractivity contribution in [2.45, 2.75) is 24.5 Å². The van der Waals surface area contributed by atoms with Crippen molar-refractivity contribution in [1.82, 2.24) is 0 Å². The van der Waals surface area contributed by atoms with E-state index in [2.05, 4.69) is 5.32 Å². The molecular formula is C12H15ClN2OS. The number of carbonyl (C=O) groups excluding carboxylic acids is 1. The van der Waals surface area contributed by atoms with Crippen LogP contribution < -0.4 is 11.1 Å². The monoisotopic (exact) mass is 270 g/mol. The third kappa shape index (κ3) is 2.69. The first-order valence-corrected chi connectivity index (χ1v) is 6.88. The molecule has 1 aliphatic heterocycles. The summed E-state index contributed by atoms with van der Waals surface area (Å²) >= 11 is 7.71. The lowest BCUT2D eigenvalue weighted by molar-refractivity contribution is -0.118. The molecule has 0 radical (unpaired) electrons. The number of carbonyl (C=O) groups is 1. The van der Waals surface area contributed by atoms with Gasteiger partial charge in [0.05, 0.1) is 15.5 Å². The van der Waals surface area contributed by atoms with E-state index in [1.165, 1.54) is 0 Å². The van der Waals surface area contributed by atoms with Gasteiger partial charge in [-0.1, -0.05) is 11.6 Å². The zero-order chi connectivity index (χ0) is 12.5. The van der Waals surface area contributed by atoms with Gasteiger partial charge in [-0.25, -0.2) is 0 Å². The highest BCUT2D eigenvalue weighted by atomic mass is 35.5. The molecule has 1 aromatic carbocycles. The Balaban J connectivity index is 2.15. The number of amides is 1. The van der Waals surface area contributed by atoms with Gasteiger partial charge in [0.1, 0.15) is 0 Å². The van der Waals surface area contributed by atoms with Gasteiger partial charge in [0.2, 0.25) is 5.91 Å². The van der Waals surface area contributed by atoms with E-state index >= 15 is 0 Å². The van der Waals surface area contributed by atoms with Crippen LogP contribution in [0.1, 0.15) is 19.8 Å². The first-order valence-electron chi connectivity index (χ1n) is 5.52. The quantitative estimate of drug-likeness (QED) is 0.812. The Morgan fingerprint density at radius 2 is 2.35 bits per heavy atom. The van der Waals surface area contributed by atoms with Gasteiger partial charge in [0, 0.05) is 5.69 Å². The summed E-state index contributed by atoms with van der Waals surface area (Å²) in [6, 6.07) is 5.09. The SMILES string of the molecule is CC1(C(=O)Nc2cc(N)ccc2Cl)CCCS1. The summed E-state index contributed by atoms with van der Waals surface area (Å²) in [4.78, 5) is 12.2. The van der Waals surface area contributed by atoms with E-state index in [0.717, 1.165) is 18.6 Å². The molecule has 5 heteroatoms. The molecule has 0 aromatic heterocycles. The number of nitrogen functional groups attached to an aromatic ring is 1. The first-order chi connectivity index (χ1) is 8.01. The molecule has 3 nitrogen and oxygen atoms in total. The molecule has 1 heterocycles. The molecule has 0 spiro atoms. The lowest BCUT2D eigenvalue weighted by Crippen LogP contribution is -2.34. The molecule has 0 aliphatic carbocycles. The van der Waals surface area contributed by atoms with Gasteiger partial charge >= 0.3 is 0 Å². The van der Waals surface area contributed by atoms with Crippen molar-refractivity contribution < 1.29 is 4.79 Å². The number of nitrogens with two attached hydrogens (primary N) is 1. The van der Waals surface area contributed by atoms with Crippen LogP contribution in [0.2, 0.25) is 5.02 Å². The molecule has 17 heavy (non-hydrogen) atoms. The summed E-state index contributed by atoms with van der Waals surface area (Å²) in [7, 11) is 0. The summed E-state index contributed by atoms with van der Waals surface area (Å²) in [5, 5.41) is 3.37. The van der Waals surface area contributed by atoms with E-state index < -0.39 is 0 Å². The molecule has 1 atom stereocenters. The normalized spacial score (nSPS) is 23.6. The van der Waals surface area contributed by atoms with E-state index in [1.54, 1.807) is 30.0 Å². The van der Waals surface area contributed by atoms with E-state index in [4.69, 9.17) is 17.3 Å². The van der Waals surface area contributed by atoms with Crippen molar-refractivity contribution in [2.75, 3.05) is 16.8 Å². The molecule has 1 unspecified atom stereocenters. The number of anilines is 2. The molecule has 1 fully saturated rings. The van der Waals surface area contributed by atoms with Crippen molar-refractivity contribution in [3.8, 4) is 0 Å². The fraction of sp³-hybridized carbons (Fsp3) is 0.417. The topological polar surface area (TPSA) is 55.1 Å². The Kier molecular flexibility index (Phi) is 3.54. The second-order valence-electron chi connectivity index (χ2n) is 4.38. The second-order valence-corrected chi connectivity index (χ2v) is 6.38. The highest BCUT2D eigenvalue weighted by molar-refractivity contribution is 8.01. The van der Waals surface area contributed by atoms with Gasteiger partial charge in [0.15, 0.2) is 0 Å². The molecule has 2 rings (SSSR count). The first kappa shape index (κ1) is 12.6. The zero-order valence-electron chi connectivity index (χ0n) is 9.63. The Hall–Kier alpha value is -0.870. The summed E-state index contributed by atoms with van der Waals surface area (Å²) < 4.78 is -0.339. The molecule has 0 bridgehead atoms. The average molecular weight is 271 g/mol. The van der Waals surface area contributed by atoms with Crippen LogP contribution in [0.3, 0.4) is 0 Å². The molecule has 1 aliphatic rings. The van der Waals surface area contributed by atoms with Crippen molar-refractivity contribution in [2.24, 2.45) is 0 Å². The van der Waals surface area contributed by atoms with Crippen molar-refractivity contribution >= 4 is 40.6 Å². The van der Waals surface area contributed by atoms with Crippen LogP contribution in [0.15, 0.2) is 18.2 Å². The Morgan fingerprint density at radius 3 is 3.00 bits per heavy atom. The maximum Gasteiger partial charge on any atom is 0.240 e. The van der Waals surface area contributed by atoms with Crippen LogP contribution in [-0.4, -0.2) is 16.4 Å². The minimum atomic E-state index is -0.339. The number of rotatable bonds is 2. The maximum atomic E-state index is 12.2. The Bertz CT molecular complexity index is 444. The van der Waals surface area contributed by atoms with Crippen LogP contribution in [0.5, 0.6) is 0 Å². The molecule has 1 saturated heterocycles. The fourth-order valence-electron chi connectivity index (χ4n) is 1.85. The number of hydrogen-bond acceptors (Lipinski definition) is 3. The number of halogens is 1. The Labute approximate surface area is 110 Å². The number of thioether (sulfide) groups is 1. The predicted molar refractivity (Wildman–Crippen MR) is 74.6 cm³/mol. The fourth-order valence-corrected chi connectivity index (χ4v) is 3.23. The molecule has 1 amide bonds. The zero-order valence-corrected chi connectivity index (χ0v) is 11.2. The number of hydrogen-bond donors (Lipinski definition) is 2. The number of nitrogens with one attached hydrogen (secondary N) is 1. The standard InChI is InChI=1S/C12H15ClN2OS/c1-12(5-2-6-17-12)11(16)15-10-7-8(14)3-4-9(10)13/h3-4,7H,2,5-6,14H2,1H3,(H,15,16). The molecule has 1 aromatic rings. The van der Waals surface area contributed by atoms with Gasteiger partial charge in [-0.3, -0.25) is 4.79 Å². The lowest BCUT2D eigenvalue weighted by Gasteiger charge is -2.21. The minimum Gasteiger partial charge on any atom is -0.399 e. The molecular weight excluding hydrogens is 256 g/mol. The second kappa shape index (κ2) is 4.78. The summed E-state index contributed by atoms with van der Waals surface area (Å²) in [6.07, 6.45) is 1.99. The van der Waals surface area contributed by atoms with Gasteiger partial charge in [0.25, 0.3) is 0 Å². The van der Waals surface area contributed by atoms with Crippen LogP contribution in [0.4, 0.5) is 11.4 Å². The summed E-state index contributed by atoms with van der Waals surface area (Å²) in [6.45, 7) is 1.97. The van der Waals surface area contributed by atoms with E-state index in [1.807, 2.05) is 6.92 Å².